The Bertz CT molecular complexity index is 645. The number of nitrogens with zero attached hydrogens (tertiary/aromatic N) is 2. The number of rotatable bonds is 5. The molecule has 0 bridgehead atoms. The summed E-state index contributed by atoms with van der Waals surface area (Å²) in [5, 5.41) is 6.00. The minimum Gasteiger partial charge on any atom is -0.351 e. The first-order valence-corrected chi connectivity index (χ1v) is 7.55. The zero-order valence-electron chi connectivity index (χ0n) is 12.0. The molecule has 2 N–H and O–H groups in total. The van der Waals surface area contributed by atoms with Crippen molar-refractivity contribution in [2.45, 2.75) is 20.3 Å². The summed E-state index contributed by atoms with van der Waals surface area (Å²) in [4.78, 5) is 20.5. The van der Waals surface area contributed by atoms with Gasteiger partial charge < -0.3 is 10.6 Å². The van der Waals surface area contributed by atoms with Crippen LogP contribution in [-0.4, -0.2) is 22.4 Å². The molecule has 0 spiro atoms. The van der Waals surface area contributed by atoms with Crippen LogP contribution in [0, 0.1) is 6.92 Å². The monoisotopic (exact) mass is 348 g/mol. The first-order chi connectivity index (χ1) is 10.1. The lowest BCUT2D eigenvalue weighted by atomic mass is 10.3. The van der Waals surface area contributed by atoms with Crippen molar-refractivity contribution < 1.29 is 4.79 Å². The zero-order valence-corrected chi connectivity index (χ0v) is 13.6. The smallest absolute Gasteiger partial charge is 0.270 e. The highest BCUT2D eigenvalue weighted by Gasteiger charge is 2.10. The first-order valence-electron chi connectivity index (χ1n) is 6.75. The van der Waals surface area contributed by atoms with Crippen LogP contribution in [0.5, 0.6) is 0 Å². The second kappa shape index (κ2) is 7.17. The molecule has 0 aliphatic heterocycles. The molecule has 0 unspecified atom stereocenters. The van der Waals surface area contributed by atoms with E-state index in [1.54, 1.807) is 13.0 Å². The van der Waals surface area contributed by atoms with E-state index >= 15 is 0 Å². The Balaban J connectivity index is 2.23. The van der Waals surface area contributed by atoms with Gasteiger partial charge in [-0.2, -0.15) is 0 Å². The third-order valence-corrected chi connectivity index (χ3v) is 3.43. The molecular formula is C15H17BrN4O. The fourth-order valence-electron chi connectivity index (χ4n) is 1.78. The number of amides is 1. The lowest BCUT2D eigenvalue weighted by molar-refractivity contribution is 0.0948. The quantitative estimate of drug-likeness (QED) is 0.868. The summed E-state index contributed by atoms with van der Waals surface area (Å²) in [5.41, 5.74) is 1.25. The average Bonchev–Trinajstić information content (AvgIpc) is 2.46. The van der Waals surface area contributed by atoms with Crippen LogP contribution in [0.1, 0.15) is 29.7 Å². The van der Waals surface area contributed by atoms with Gasteiger partial charge in [-0.25, -0.2) is 9.97 Å². The number of halogens is 1. The highest BCUT2D eigenvalue weighted by atomic mass is 79.9. The fraction of sp³-hybridized carbons (Fsp3) is 0.267. The molecule has 1 amide bonds. The van der Waals surface area contributed by atoms with E-state index in [1.807, 2.05) is 31.2 Å². The summed E-state index contributed by atoms with van der Waals surface area (Å²) in [6.07, 6.45) is 0.887. The summed E-state index contributed by atoms with van der Waals surface area (Å²) in [7, 11) is 0. The van der Waals surface area contributed by atoms with Crippen LogP contribution >= 0.6 is 15.9 Å². The number of nitrogens with one attached hydrogen (secondary N) is 2. The molecule has 0 saturated heterocycles. The molecular weight excluding hydrogens is 332 g/mol. The Hall–Kier alpha value is -1.95. The van der Waals surface area contributed by atoms with Crippen molar-refractivity contribution in [3.8, 4) is 0 Å². The largest absolute Gasteiger partial charge is 0.351 e. The number of anilines is 2. The molecule has 5 nitrogen and oxygen atoms in total. The van der Waals surface area contributed by atoms with E-state index in [4.69, 9.17) is 0 Å². The van der Waals surface area contributed by atoms with E-state index in [-0.39, 0.29) is 5.91 Å². The Morgan fingerprint density at radius 1 is 1.29 bits per heavy atom. The standard InChI is InChI=1S/C15H17BrN4O/c1-3-8-17-15(21)13-9-14(19-10(2)18-13)20-12-7-5-4-6-11(12)16/h4-7,9H,3,8H2,1-2H3,(H,17,21)(H,18,19,20). The number of carbonyl (C=O) groups excluding carboxylic acids is 1. The van der Waals surface area contributed by atoms with Crippen molar-refractivity contribution in [2.75, 3.05) is 11.9 Å². The Morgan fingerprint density at radius 3 is 2.76 bits per heavy atom. The molecule has 2 aromatic rings. The fourth-order valence-corrected chi connectivity index (χ4v) is 2.16. The zero-order chi connectivity index (χ0) is 15.2. The van der Waals surface area contributed by atoms with Crippen molar-refractivity contribution in [1.29, 1.82) is 0 Å². The van der Waals surface area contributed by atoms with Crippen molar-refractivity contribution in [3.63, 3.8) is 0 Å². The molecule has 0 fully saturated rings. The second-order valence-electron chi connectivity index (χ2n) is 4.55. The van der Waals surface area contributed by atoms with Crippen molar-refractivity contribution in [1.82, 2.24) is 15.3 Å². The summed E-state index contributed by atoms with van der Waals surface area (Å²) >= 11 is 3.47. The van der Waals surface area contributed by atoms with Crippen molar-refractivity contribution in [3.05, 3.63) is 46.3 Å². The molecule has 1 heterocycles. The van der Waals surface area contributed by atoms with Gasteiger partial charge in [-0.3, -0.25) is 4.79 Å². The molecule has 0 aliphatic carbocycles. The highest BCUT2D eigenvalue weighted by Crippen LogP contribution is 2.24. The second-order valence-corrected chi connectivity index (χ2v) is 5.40. The molecule has 1 aromatic heterocycles. The number of carbonyl (C=O) groups is 1. The predicted octanol–water partition coefficient (Wildman–Crippen LogP) is 3.43. The number of hydrogen-bond acceptors (Lipinski definition) is 4. The van der Waals surface area contributed by atoms with Crippen LogP contribution in [0.2, 0.25) is 0 Å². The third kappa shape index (κ3) is 4.26. The number of aryl methyl sites for hydroxylation is 1. The molecule has 6 heteroatoms. The van der Waals surface area contributed by atoms with Gasteiger partial charge in [-0.1, -0.05) is 19.1 Å². The first kappa shape index (κ1) is 15.4. The minimum atomic E-state index is -0.183. The maximum atomic E-state index is 12.0. The topological polar surface area (TPSA) is 66.9 Å². The summed E-state index contributed by atoms with van der Waals surface area (Å²) in [5.74, 6) is 0.960. The number of hydrogen-bond donors (Lipinski definition) is 2. The van der Waals surface area contributed by atoms with Gasteiger partial charge in [0, 0.05) is 17.1 Å². The van der Waals surface area contributed by atoms with Gasteiger partial charge in [0.1, 0.15) is 17.3 Å². The van der Waals surface area contributed by atoms with Gasteiger partial charge in [0.2, 0.25) is 0 Å². The van der Waals surface area contributed by atoms with Crippen LogP contribution in [-0.2, 0) is 0 Å². The molecule has 0 saturated carbocycles. The molecule has 21 heavy (non-hydrogen) atoms. The van der Waals surface area contributed by atoms with Crippen LogP contribution in [0.3, 0.4) is 0 Å². The van der Waals surface area contributed by atoms with Crippen LogP contribution in [0.4, 0.5) is 11.5 Å². The van der Waals surface area contributed by atoms with Crippen LogP contribution in [0.25, 0.3) is 0 Å². The Kier molecular flexibility index (Phi) is 5.27. The normalized spacial score (nSPS) is 10.2. The van der Waals surface area contributed by atoms with Crippen LogP contribution in [0.15, 0.2) is 34.8 Å². The van der Waals surface area contributed by atoms with E-state index in [1.165, 1.54) is 0 Å². The summed E-state index contributed by atoms with van der Waals surface area (Å²) in [6.45, 7) is 4.40. The van der Waals surface area contributed by atoms with Gasteiger partial charge >= 0.3 is 0 Å². The van der Waals surface area contributed by atoms with Crippen molar-refractivity contribution >= 4 is 33.3 Å². The number of benzene rings is 1. The maximum Gasteiger partial charge on any atom is 0.270 e. The molecule has 2 rings (SSSR count). The minimum absolute atomic E-state index is 0.183. The summed E-state index contributed by atoms with van der Waals surface area (Å²) in [6, 6.07) is 9.38. The van der Waals surface area contributed by atoms with E-state index in [9.17, 15) is 4.79 Å². The van der Waals surface area contributed by atoms with E-state index < -0.39 is 0 Å². The Labute approximate surface area is 132 Å². The van der Waals surface area contributed by atoms with E-state index in [2.05, 4.69) is 36.5 Å². The number of aromatic nitrogens is 2. The van der Waals surface area contributed by atoms with Gasteiger partial charge in [0.05, 0.1) is 5.69 Å². The predicted molar refractivity (Wildman–Crippen MR) is 86.8 cm³/mol. The van der Waals surface area contributed by atoms with Gasteiger partial charge in [0.15, 0.2) is 0 Å². The Morgan fingerprint density at radius 2 is 2.05 bits per heavy atom. The van der Waals surface area contributed by atoms with Gasteiger partial charge in [-0.05, 0) is 41.4 Å². The average molecular weight is 349 g/mol. The molecule has 110 valence electrons. The molecule has 0 radical (unpaired) electrons. The molecule has 0 atom stereocenters. The van der Waals surface area contributed by atoms with Gasteiger partial charge in [-0.15, -0.1) is 0 Å². The SMILES string of the molecule is CCCNC(=O)c1cc(Nc2ccccc2Br)nc(C)n1. The van der Waals surface area contributed by atoms with Crippen molar-refractivity contribution in [2.24, 2.45) is 0 Å². The van der Waals surface area contributed by atoms with Crippen LogP contribution < -0.4 is 10.6 Å². The lowest BCUT2D eigenvalue weighted by Crippen LogP contribution is -2.25. The third-order valence-electron chi connectivity index (χ3n) is 2.74. The highest BCUT2D eigenvalue weighted by molar-refractivity contribution is 9.10. The molecule has 1 aromatic carbocycles. The summed E-state index contributed by atoms with van der Waals surface area (Å²) < 4.78 is 0.929. The van der Waals surface area contributed by atoms with Gasteiger partial charge in [0.25, 0.3) is 5.91 Å². The molecule has 0 aliphatic rings. The maximum absolute atomic E-state index is 12.0. The number of para-hydroxylation sites is 1. The lowest BCUT2D eigenvalue weighted by Gasteiger charge is -2.10. The van der Waals surface area contributed by atoms with E-state index in [0.717, 1.165) is 16.6 Å². The van der Waals surface area contributed by atoms with E-state index in [0.29, 0.717) is 23.9 Å².